The van der Waals surface area contributed by atoms with E-state index in [2.05, 4.69) is 200 Å². The van der Waals surface area contributed by atoms with E-state index in [-0.39, 0.29) is 58.3 Å². The highest BCUT2D eigenvalue weighted by atomic mass is 16.3. The molecule has 0 saturated heterocycles. The molecule has 0 radical (unpaired) electrons. The quantitative estimate of drug-likeness (QED) is 0.143. The zero-order chi connectivity index (χ0) is 55.4. The minimum absolute atomic E-state index is 0.0187. The first-order chi connectivity index (χ1) is 40.2. The lowest BCUT2D eigenvalue weighted by atomic mass is 9.67. The molecule has 13 aromatic rings. The minimum Gasteiger partial charge on any atom is -0.464 e. The van der Waals surface area contributed by atoms with Gasteiger partial charge in [0.25, 0.3) is 0 Å². The zero-order valence-electron chi connectivity index (χ0n) is 47.2. The Morgan fingerprint density at radius 2 is 0.763 bits per heavy atom. The van der Waals surface area contributed by atoms with Crippen molar-refractivity contribution in [3.63, 3.8) is 0 Å². The van der Waals surface area contributed by atoms with E-state index in [0.29, 0.717) is 22.5 Å². The van der Waals surface area contributed by atoms with Crippen molar-refractivity contribution in [1.82, 2.24) is 0 Å². The van der Waals surface area contributed by atoms with Crippen LogP contribution in [0.15, 0.2) is 302 Å². The third-order valence-electron chi connectivity index (χ3n) is 15.9. The van der Waals surface area contributed by atoms with E-state index in [4.69, 9.17) is 4.42 Å². The summed E-state index contributed by atoms with van der Waals surface area (Å²) in [5, 5.41) is 0.718. The third-order valence-corrected chi connectivity index (χ3v) is 15.9. The Labute approximate surface area is 451 Å². The molecule has 0 bridgehead atoms. The first-order valence-corrected chi connectivity index (χ1v) is 25.8. The van der Waals surface area contributed by atoms with Gasteiger partial charge in [0, 0.05) is 22.4 Å². The molecule has 2 heteroatoms. The maximum atomic E-state index is 10.2. The van der Waals surface area contributed by atoms with Gasteiger partial charge in [0.05, 0.1) is 25.3 Å². The summed E-state index contributed by atoms with van der Waals surface area (Å²) >= 11 is 0. The van der Waals surface area contributed by atoms with Crippen LogP contribution in [0.2, 0.25) is 0 Å². The van der Waals surface area contributed by atoms with E-state index < -0.39 is 10.8 Å². The second-order valence-corrected chi connectivity index (χ2v) is 19.8. The highest BCUT2D eigenvalue weighted by molar-refractivity contribution is 5.95. The summed E-state index contributed by atoms with van der Waals surface area (Å²) in [4.78, 5) is 1.87. The summed E-state index contributed by atoms with van der Waals surface area (Å²) in [5.41, 5.74) is 16.8. The number of nitrogens with zero attached hydrogens (tertiary/aromatic N) is 1. The average molecular weight is 974 g/mol. The van der Waals surface area contributed by atoms with E-state index in [1.54, 1.807) is 24.5 Å². The zero-order valence-corrected chi connectivity index (χ0v) is 41.2. The molecule has 2 nitrogen and oxygen atoms in total. The summed E-state index contributed by atoms with van der Waals surface area (Å²) in [6, 6.07) is 86.8. The first kappa shape index (κ1) is 37.9. The largest absolute Gasteiger partial charge is 0.464 e. The maximum absolute atomic E-state index is 10.2. The lowest BCUT2D eigenvalue weighted by Crippen LogP contribution is -2.28. The minimum atomic E-state index is -0.774. The van der Waals surface area contributed by atoms with Crippen LogP contribution in [0.3, 0.4) is 0 Å². The number of benzene rings is 12. The molecule has 0 spiro atoms. The van der Waals surface area contributed by atoms with E-state index in [1.807, 2.05) is 41.3 Å². The molecule has 356 valence electrons. The lowest BCUT2D eigenvalue weighted by molar-refractivity contribution is 0.616. The number of fused-ring (bicyclic) bond motifs is 8. The smallest absolute Gasteiger partial charge is 0.133 e. The van der Waals surface area contributed by atoms with Crippen LogP contribution in [0.1, 0.15) is 52.7 Å². The van der Waals surface area contributed by atoms with Gasteiger partial charge in [-0.2, -0.15) is 0 Å². The monoisotopic (exact) mass is 973 g/mol. The van der Waals surface area contributed by atoms with Crippen molar-refractivity contribution >= 4 is 38.8 Å². The predicted octanol–water partition coefficient (Wildman–Crippen LogP) is 19.1. The Morgan fingerprint density at radius 3 is 1.37 bits per heavy atom. The van der Waals surface area contributed by atoms with Crippen LogP contribution in [0.25, 0.3) is 66.2 Å². The van der Waals surface area contributed by atoms with E-state index in [0.717, 1.165) is 49.9 Å². The van der Waals surface area contributed by atoms with Gasteiger partial charge in [-0.25, -0.2) is 0 Å². The van der Waals surface area contributed by atoms with Crippen LogP contribution in [0.5, 0.6) is 0 Å². The van der Waals surface area contributed by atoms with Crippen LogP contribution < -0.4 is 4.90 Å². The van der Waals surface area contributed by atoms with Gasteiger partial charge in [0.1, 0.15) is 5.58 Å². The van der Waals surface area contributed by atoms with Gasteiger partial charge in [0.2, 0.25) is 0 Å². The van der Waals surface area contributed by atoms with Crippen molar-refractivity contribution in [2.45, 2.75) is 10.8 Å². The Kier molecular flexibility index (Phi) is 8.70. The fourth-order valence-corrected chi connectivity index (χ4v) is 12.6. The maximum Gasteiger partial charge on any atom is 0.133 e. The fourth-order valence-electron chi connectivity index (χ4n) is 12.6. The number of rotatable bonds is 9. The topological polar surface area (TPSA) is 16.4 Å². The van der Waals surface area contributed by atoms with Gasteiger partial charge in [0.15, 0.2) is 0 Å². The molecule has 0 amide bonds. The molecule has 0 N–H and O–H groups in total. The van der Waals surface area contributed by atoms with Crippen molar-refractivity contribution in [2.75, 3.05) is 4.90 Å². The molecule has 0 fully saturated rings. The first-order valence-electron chi connectivity index (χ1n) is 28.8. The second kappa shape index (κ2) is 17.4. The van der Waals surface area contributed by atoms with E-state index >= 15 is 0 Å². The molecule has 0 aliphatic heterocycles. The molecule has 76 heavy (non-hydrogen) atoms. The summed E-state index contributed by atoms with van der Waals surface area (Å²) in [5.74, 6) is 0. The van der Waals surface area contributed by atoms with E-state index in [9.17, 15) is 8.22 Å². The number of hydrogen-bond donors (Lipinski definition) is 0. The molecule has 12 aromatic carbocycles. The molecular formula is C74H49NO. The molecule has 1 heterocycles. The van der Waals surface area contributed by atoms with Gasteiger partial charge >= 0.3 is 0 Å². The number of furan rings is 1. The van der Waals surface area contributed by atoms with Gasteiger partial charge in [-0.15, -0.1) is 0 Å². The fraction of sp³-hybridized carbons (Fsp3) is 0.0270. The third kappa shape index (κ3) is 6.60. The normalized spacial score (nSPS) is 14.6. The Hall–Kier alpha value is -9.76. The number of anilines is 3. The van der Waals surface area contributed by atoms with Crippen molar-refractivity contribution in [3.8, 4) is 44.5 Å². The van der Waals surface area contributed by atoms with Crippen molar-refractivity contribution in [2.24, 2.45) is 0 Å². The van der Waals surface area contributed by atoms with Crippen LogP contribution in [0, 0.1) is 0 Å². The Morgan fingerprint density at radius 1 is 0.303 bits per heavy atom. The molecule has 0 atom stereocenters. The van der Waals surface area contributed by atoms with Gasteiger partial charge in [-0.1, -0.05) is 224 Å². The summed E-state index contributed by atoms with van der Waals surface area (Å²) in [6.07, 6.45) is 1.58. The van der Waals surface area contributed by atoms with Crippen molar-refractivity contribution in [1.29, 1.82) is 0 Å². The SMILES string of the molecule is [2H]c1c(N(c2ccc(-c3ccc4c(c3)C(c3ccccc3)(c3ccccc3)c3ccccc3-4)cc2)c2ccc3c(c2)C(c2ccccc2)(c2ccccc2)c2ccccc2-3)c([2H])c2c([2H])c([2H])c(-c3ccc4occc4c3)c([2H])c2c1[2H]. The van der Waals surface area contributed by atoms with Crippen LogP contribution in [-0.4, -0.2) is 0 Å². The molecule has 1 aromatic heterocycles. The summed E-state index contributed by atoms with van der Waals surface area (Å²) in [7, 11) is 0. The van der Waals surface area contributed by atoms with Crippen LogP contribution in [0.4, 0.5) is 17.1 Å². The Bertz CT molecular complexity index is 4620. The van der Waals surface area contributed by atoms with Crippen molar-refractivity contribution in [3.05, 3.63) is 342 Å². The summed E-state index contributed by atoms with van der Waals surface area (Å²) < 4.78 is 64.6. The predicted molar refractivity (Wildman–Crippen MR) is 314 cm³/mol. The standard InChI is InChI=1S/C74H49NO/c1-5-17-57(18-6-1)73(58-19-7-2-8-20-58)68-27-15-13-25-64(68)66-40-34-55(48-70(66)73)50-31-36-61(37-32-50)75(62-38-33-52-45-51(29-30-54(52)47-62)53-35-42-72-56(46-53)43-44-76-72)63-39-41-67-65-26-14-16-28-69(65)74(71(67)49-63,59-21-9-3-10-22-59)60-23-11-4-12-24-60/h1-49H/i29D,30D,33D,38D,45D,47D. The van der Waals surface area contributed by atoms with E-state index in [1.165, 1.54) is 33.4 Å². The molecule has 0 unspecified atom stereocenters. The molecule has 2 aliphatic carbocycles. The molecule has 0 saturated carbocycles. The Balaban J connectivity index is 0.954. The van der Waals surface area contributed by atoms with Gasteiger partial charge in [-0.3, -0.25) is 0 Å². The van der Waals surface area contributed by atoms with Crippen molar-refractivity contribution < 1.29 is 12.6 Å². The average Bonchev–Trinajstić information content (AvgIpc) is 3.77. The highest BCUT2D eigenvalue weighted by Gasteiger charge is 2.47. The molecule has 15 rings (SSSR count). The molecular weight excluding hydrogens is 919 g/mol. The highest BCUT2D eigenvalue weighted by Crippen LogP contribution is 2.59. The van der Waals surface area contributed by atoms with Gasteiger partial charge in [-0.05, 0) is 166 Å². The van der Waals surface area contributed by atoms with Crippen LogP contribution >= 0.6 is 0 Å². The lowest BCUT2D eigenvalue weighted by Gasteiger charge is -2.35. The van der Waals surface area contributed by atoms with Gasteiger partial charge < -0.3 is 9.32 Å². The number of hydrogen-bond acceptors (Lipinski definition) is 2. The summed E-state index contributed by atoms with van der Waals surface area (Å²) in [6.45, 7) is 0. The second-order valence-electron chi connectivity index (χ2n) is 19.8. The molecule has 2 aliphatic rings. The van der Waals surface area contributed by atoms with Crippen LogP contribution in [-0.2, 0) is 10.8 Å².